The van der Waals surface area contributed by atoms with Crippen LogP contribution in [0, 0.1) is 17.8 Å². The third-order valence-electron chi connectivity index (χ3n) is 4.09. The van der Waals surface area contributed by atoms with Crippen LogP contribution in [0.4, 0.5) is 0 Å². The average molecular weight is 181 g/mol. The Morgan fingerprint density at radius 2 is 1.77 bits per heavy atom. The van der Waals surface area contributed by atoms with Crippen LogP contribution in [0.15, 0.2) is 0 Å². The van der Waals surface area contributed by atoms with E-state index in [1.165, 1.54) is 19.4 Å². The molecule has 0 amide bonds. The van der Waals surface area contributed by atoms with Gasteiger partial charge < -0.3 is 0 Å². The van der Waals surface area contributed by atoms with E-state index in [0.717, 1.165) is 29.8 Å². The first kappa shape index (κ1) is 9.51. The summed E-state index contributed by atoms with van der Waals surface area (Å²) in [5.74, 6) is 2.90. The molecule has 0 spiro atoms. The van der Waals surface area contributed by atoms with E-state index in [9.17, 15) is 0 Å². The largest absolute Gasteiger partial charge is 0.297 e. The standard InChI is InChI=1S/C12H23N/c1-8(2)11-5-10-6-12(11)13(7-10)9(3)4/h8-12H,5-7H2,1-4H3/t10?,11-,12?/m0/s1. The molecule has 0 radical (unpaired) electrons. The van der Waals surface area contributed by atoms with E-state index in [0.29, 0.717) is 0 Å². The van der Waals surface area contributed by atoms with Crippen LogP contribution >= 0.6 is 0 Å². The zero-order chi connectivity index (χ0) is 9.59. The molecule has 1 saturated heterocycles. The number of piperidine rings is 1. The molecule has 0 aromatic heterocycles. The third kappa shape index (κ3) is 1.52. The van der Waals surface area contributed by atoms with Crippen molar-refractivity contribution in [2.45, 2.75) is 52.6 Å². The van der Waals surface area contributed by atoms with Crippen molar-refractivity contribution in [1.82, 2.24) is 4.90 Å². The second-order valence-corrected chi connectivity index (χ2v) is 5.60. The molecule has 2 unspecified atom stereocenters. The van der Waals surface area contributed by atoms with E-state index in [-0.39, 0.29) is 0 Å². The van der Waals surface area contributed by atoms with Gasteiger partial charge in [0.2, 0.25) is 0 Å². The Labute approximate surface area is 82.5 Å². The lowest BCUT2D eigenvalue weighted by Crippen LogP contribution is -2.43. The summed E-state index contributed by atoms with van der Waals surface area (Å²) in [7, 11) is 0. The Morgan fingerprint density at radius 3 is 2.23 bits per heavy atom. The molecular formula is C12H23N. The Kier molecular flexibility index (Phi) is 2.39. The van der Waals surface area contributed by atoms with Crippen LogP contribution in [0.3, 0.4) is 0 Å². The number of fused-ring (bicyclic) bond motifs is 2. The molecule has 2 rings (SSSR count). The van der Waals surface area contributed by atoms with Crippen molar-refractivity contribution in [2.75, 3.05) is 6.54 Å². The highest BCUT2D eigenvalue weighted by Gasteiger charge is 2.46. The third-order valence-corrected chi connectivity index (χ3v) is 4.09. The van der Waals surface area contributed by atoms with Gasteiger partial charge in [-0.3, -0.25) is 4.90 Å². The van der Waals surface area contributed by atoms with E-state index in [2.05, 4.69) is 32.6 Å². The SMILES string of the molecule is CC(C)[C@@H]1CC2CC1N(C(C)C)C2. The highest BCUT2D eigenvalue weighted by atomic mass is 15.2. The smallest absolute Gasteiger partial charge is 0.0132 e. The first-order chi connectivity index (χ1) is 6.09. The highest BCUT2D eigenvalue weighted by Crippen LogP contribution is 2.45. The van der Waals surface area contributed by atoms with Gasteiger partial charge in [0.1, 0.15) is 0 Å². The fourth-order valence-corrected chi connectivity index (χ4v) is 3.43. The van der Waals surface area contributed by atoms with Gasteiger partial charge in [-0.1, -0.05) is 13.8 Å². The number of likely N-dealkylation sites (tertiary alicyclic amines) is 1. The van der Waals surface area contributed by atoms with E-state index in [4.69, 9.17) is 0 Å². The van der Waals surface area contributed by atoms with Crippen molar-refractivity contribution in [3.63, 3.8) is 0 Å². The van der Waals surface area contributed by atoms with Crippen LogP contribution in [0.1, 0.15) is 40.5 Å². The quantitative estimate of drug-likeness (QED) is 0.633. The summed E-state index contributed by atoms with van der Waals surface area (Å²) in [6.07, 6.45) is 2.99. The van der Waals surface area contributed by atoms with Crippen molar-refractivity contribution in [2.24, 2.45) is 17.8 Å². The summed E-state index contributed by atoms with van der Waals surface area (Å²) in [4.78, 5) is 2.73. The first-order valence-corrected chi connectivity index (χ1v) is 5.85. The summed E-state index contributed by atoms with van der Waals surface area (Å²) >= 11 is 0. The van der Waals surface area contributed by atoms with Gasteiger partial charge in [0.15, 0.2) is 0 Å². The first-order valence-electron chi connectivity index (χ1n) is 5.85. The number of rotatable bonds is 2. The van der Waals surface area contributed by atoms with Gasteiger partial charge >= 0.3 is 0 Å². The van der Waals surface area contributed by atoms with Crippen LogP contribution < -0.4 is 0 Å². The van der Waals surface area contributed by atoms with Crippen molar-refractivity contribution >= 4 is 0 Å². The topological polar surface area (TPSA) is 3.24 Å². The second-order valence-electron chi connectivity index (χ2n) is 5.60. The molecule has 2 bridgehead atoms. The predicted octanol–water partition coefficient (Wildman–Crippen LogP) is 2.76. The van der Waals surface area contributed by atoms with E-state index >= 15 is 0 Å². The lowest BCUT2D eigenvalue weighted by Gasteiger charge is -2.37. The summed E-state index contributed by atoms with van der Waals surface area (Å²) in [6.45, 7) is 10.9. The van der Waals surface area contributed by atoms with E-state index in [1.54, 1.807) is 0 Å². The number of hydrogen-bond donors (Lipinski definition) is 0. The molecule has 1 heterocycles. The summed E-state index contributed by atoms with van der Waals surface area (Å²) in [6, 6.07) is 1.68. The van der Waals surface area contributed by atoms with Crippen LogP contribution in [0.25, 0.3) is 0 Å². The Hall–Kier alpha value is -0.0400. The van der Waals surface area contributed by atoms with Crippen molar-refractivity contribution in [1.29, 1.82) is 0 Å². The monoisotopic (exact) mass is 181 g/mol. The maximum atomic E-state index is 2.73. The highest BCUT2D eigenvalue weighted by molar-refractivity contribution is 4.99. The minimum absolute atomic E-state index is 0.761. The molecule has 3 atom stereocenters. The molecule has 1 aliphatic heterocycles. The normalized spacial score (nSPS) is 39.7. The molecule has 0 aromatic carbocycles. The van der Waals surface area contributed by atoms with E-state index in [1.807, 2.05) is 0 Å². The molecule has 13 heavy (non-hydrogen) atoms. The van der Waals surface area contributed by atoms with Gasteiger partial charge in [0, 0.05) is 18.6 Å². The maximum absolute atomic E-state index is 2.73. The fraction of sp³-hybridized carbons (Fsp3) is 1.00. The molecule has 1 saturated carbocycles. The van der Waals surface area contributed by atoms with Crippen molar-refractivity contribution in [3.8, 4) is 0 Å². The molecule has 1 aliphatic carbocycles. The average Bonchev–Trinajstić information content (AvgIpc) is 2.60. The van der Waals surface area contributed by atoms with Crippen molar-refractivity contribution in [3.05, 3.63) is 0 Å². The minimum Gasteiger partial charge on any atom is -0.297 e. The van der Waals surface area contributed by atoms with Gasteiger partial charge in [-0.05, 0) is 44.4 Å². The molecular weight excluding hydrogens is 158 g/mol. The fourth-order valence-electron chi connectivity index (χ4n) is 3.43. The zero-order valence-corrected chi connectivity index (χ0v) is 9.46. The number of hydrogen-bond acceptors (Lipinski definition) is 1. The van der Waals surface area contributed by atoms with Crippen LogP contribution in [0.5, 0.6) is 0 Å². The lowest BCUT2D eigenvalue weighted by molar-refractivity contribution is 0.100. The molecule has 2 aliphatic rings. The molecule has 76 valence electrons. The molecule has 0 N–H and O–H groups in total. The summed E-state index contributed by atoms with van der Waals surface area (Å²) < 4.78 is 0. The van der Waals surface area contributed by atoms with E-state index < -0.39 is 0 Å². The second kappa shape index (κ2) is 3.27. The van der Waals surface area contributed by atoms with Crippen LogP contribution in [-0.2, 0) is 0 Å². The van der Waals surface area contributed by atoms with Gasteiger partial charge in [0.25, 0.3) is 0 Å². The molecule has 0 aromatic rings. The van der Waals surface area contributed by atoms with Gasteiger partial charge in [0.05, 0.1) is 0 Å². The number of nitrogens with zero attached hydrogens (tertiary/aromatic N) is 1. The van der Waals surface area contributed by atoms with Gasteiger partial charge in [-0.15, -0.1) is 0 Å². The summed E-state index contributed by atoms with van der Waals surface area (Å²) in [5, 5.41) is 0. The Morgan fingerprint density at radius 1 is 1.08 bits per heavy atom. The van der Waals surface area contributed by atoms with Gasteiger partial charge in [-0.2, -0.15) is 0 Å². The Balaban J connectivity index is 2.06. The van der Waals surface area contributed by atoms with Crippen LogP contribution in [-0.4, -0.2) is 23.5 Å². The zero-order valence-electron chi connectivity index (χ0n) is 9.46. The van der Waals surface area contributed by atoms with Crippen molar-refractivity contribution < 1.29 is 0 Å². The predicted molar refractivity (Wildman–Crippen MR) is 56.7 cm³/mol. The van der Waals surface area contributed by atoms with Crippen LogP contribution in [0.2, 0.25) is 0 Å². The maximum Gasteiger partial charge on any atom is 0.0132 e. The van der Waals surface area contributed by atoms with Gasteiger partial charge in [-0.25, -0.2) is 0 Å². The molecule has 1 nitrogen and oxygen atoms in total. The molecule has 1 heteroatoms. The lowest BCUT2D eigenvalue weighted by atomic mass is 9.87. The molecule has 2 fully saturated rings. The summed E-state index contributed by atoms with van der Waals surface area (Å²) in [5.41, 5.74) is 0. The minimum atomic E-state index is 0.761. The Bertz CT molecular complexity index is 168.